The van der Waals surface area contributed by atoms with Gasteiger partial charge in [-0.3, -0.25) is 0 Å². The predicted molar refractivity (Wildman–Crippen MR) is 63.1 cm³/mol. The number of aliphatic hydroxyl groups excluding tert-OH is 1. The lowest BCUT2D eigenvalue weighted by Gasteiger charge is -2.07. The van der Waals surface area contributed by atoms with Gasteiger partial charge in [-0.15, -0.1) is 0 Å². The summed E-state index contributed by atoms with van der Waals surface area (Å²) in [7, 11) is 0. The molecule has 15 heavy (non-hydrogen) atoms. The molecule has 0 saturated heterocycles. The van der Waals surface area contributed by atoms with Gasteiger partial charge in [-0.2, -0.15) is 0 Å². The second-order valence-corrected chi connectivity index (χ2v) is 5.07. The standard InChI is InChI=1S/C14H20O/c1-9(2)11-4-6-12(7-5-11)14-8-13(14)10(3)15/h4-7,9-10,13-15H,8H2,1-3H3/t10-,13-,14-/m0/s1. The first-order chi connectivity index (χ1) is 7.09. The van der Waals surface area contributed by atoms with Crippen LogP contribution in [0.15, 0.2) is 24.3 Å². The van der Waals surface area contributed by atoms with Crippen LogP contribution < -0.4 is 0 Å². The quantitative estimate of drug-likeness (QED) is 0.801. The van der Waals surface area contributed by atoms with E-state index in [0.717, 1.165) is 6.42 Å². The minimum Gasteiger partial charge on any atom is -0.393 e. The third kappa shape index (κ3) is 2.23. The van der Waals surface area contributed by atoms with Crippen LogP contribution >= 0.6 is 0 Å². The summed E-state index contributed by atoms with van der Waals surface area (Å²) in [6.07, 6.45) is 0.998. The van der Waals surface area contributed by atoms with E-state index in [9.17, 15) is 5.11 Å². The average molecular weight is 204 g/mol. The van der Waals surface area contributed by atoms with E-state index in [-0.39, 0.29) is 6.10 Å². The van der Waals surface area contributed by atoms with Gasteiger partial charge >= 0.3 is 0 Å². The number of hydrogen-bond donors (Lipinski definition) is 1. The molecule has 0 unspecified atom stereocenters. The van der Waals surface area contributed by atoms with Crippen LogP contribution in [0.1, 0.15) is 50.2 Å². The van der Waals surface area contributed by atoms with E-state index in [1.165, 1.54) is 11.1 Å². The first-order valence-corrected chi connectivity index (χ1v) is 5.87. The molecule has 0 radical (unpaired) electrons. The van der Waals surface area contributed by atoms with E-state index in [4.69, 9.17) is 0 Å². The zero-order valence-electron chi connectivity index (χ0n) is 9.77. The van der Waals surface area contributed by atoms with E-state index < -0.39 is 0 Å². The van der Waals surface area contributed by atoms with Gasteiger partial charge in [0.05, 0.1) is 6.10 Å². The molecule has 0 amide bonds. The zero-order valence-corrected chi connectivity index (χ0v) is 9.77. The fourth-order valence-corrected chi connectivity index (χ4v) is 2.26. The smallest absolute Gasteiger partial charge is 0.0546 e. The van der Waals surface area contributed by atoms with Crippen molar-refractivity contribution in [2.45, 2.75) is 45.1 Å². The van der Waals surface area contributed by atoms with Crippen molar-refractivity contribution in [3.05, 3.63) is 35.4 Å². The number of aliphatic hydroxyl groups is 1. The summed E-state index contributed by atoms with van der Waals surface area (Å²) in [5, 5.41) is 9.47. The topological polar surface area (TPSA) is 20.2 Å². The van der Waals surface area contributed by atoms with Crippen molar-refractivity contribution < 1.29 is 5.11 Å². The molecule has 3 atom stereocenters. The van der Waals surface area contributed by atoms with Gasteiger partial charge in [-0.1, -0.05) is 38.1 Å². The monoisotopic (exact) mass is 204 g/mol. The van der Waals surface area contributed by atoms with E-state index in [1.54, 1.807) is 0 Å². The summed E-state index contributed by atoms with van der Waals surface area (Å²) in [6, 6.07) is 8.89. The van der Waals surface area contributed by atoms with Gasteiger partial charge in [0.15, 0.2) is 0 Å². The molecule has 1 fully saturated rings. The van der Waals surface area contributed by atoms with Crippen molar-refractivity contribution in [3.63, 3.8) is 0 Å². The van der Waals surface area contributed by atoms with E-state index in [1.807, 2.05) is 6.92 Å². The van der Waals surface area contributed by atoms with E-state index >= 15 is 0 Å². The molecule has 2 rings (SSSR count). The fraction of sp³-hybridized carbons (Fsp3) is 0.571. The number of rotatable bonds is 3. The average Bonchev–Trinajstić information content (AvgIpc) is 2.97. The maximum absolute atomic E-state index is 9.47. The minimum atomic E-state index is -0.153. The Labute approximate surface area is 92.1 Å². The van der Waals surface area contributed by atoms with Gasteiger partial charge in [-0.25, -0.2) is 0 Å². The van der Waals surface area contributed by atoms with Crippen molar-refractivity contribution in [2.75, 3.05) is 0 Å². The van der Waals surface area contributed by atoms with Crippen LogP contribution in [0, 0.1) is 5.92 Å². The summed E-state index contributed by atoms with van der Waals surface area (Å²) in [6.45, 7) is 6.32. The second kappa shape index (κ2) is 3.97. The summed E-state index contributed by atoms with van der Waals surface area (Å²) >= 11 is 0. The second-order valence-electron chi connectivity index (χ2n) is 5.07. The molecule has 1 aromatic carbocycles. The Morgan fingerprint density at radius 2 is 1.73 bits per heavy atom. The molecule has 0 heterocycles. The van der Waals surface area contributed by atoms with Gasteiger partial charge in [0, 0.05) is 0 Å². The number of hydrogen-bond acceptors (Lipinski definition) is 1. The fourth-order valence-electron chi connectivity index (χ4n) is 2.26. The molecule has 1 heteroatoms. The molecule has 0 aromatic heterocycles. The van der Waals surface area contributed by atoms with Crippen LogP contribution in [0.3, 0.4) is 0 Å². The van der Waals surface area contributed by atoms with Crippen LogP contribution in [0.4, 0.5) is 0 Å². The normalized spacial score (nSPS) is 26.7. The molecule has 1 N–H and O–H groups in total. The Morgan fingerprint density at radius 3 is 2.13 bits per heavy atom. The minimum absolute atomic E-state index is 0.153. The van der Waals surface area contributed by atoms with Gasteiger partial charge in [0.2, 0.25) is 0 Å². The lowest BCUT2D eigenvalue weighted by atomic mass is 9.99. The molecule has 0 aliphatic heterocycles. The van der Waals surface area contributed by atoms with Crippen molar-refractivity contribution in [3.8, 4) is 0 Å². The van der Waals surface area contributed by atoms with Crippen molar-refractivity contribution in [1.82, 2.24) is 0 Å². The highest BCUT2D eigenvalue weighted by Gasteiger charge is 2.41. The summed E-state index contributed by atoms with van der Waals surface area (Å²) in [5.74, 6) is 1.70. The van der Waals surface area contributed by atoms with Crippen LogP contribution in [0.25, 0.3) is 0 Å². The Bertz CT molecular complexity index is 324. The van der Waals surface area contributed by atoms with Crippen LogP contribution in [0.2, 0.25) is 0 Å². The summed E-state index contributed by atoms with van der Waals surface area (Å²) < 4.78 is 0. The molecule has 1 aromatic rings. The maximum Gasteiger partial charge on any atom is 0.0546 e. The molecule has 0 spiro atoms. The molecule has 1 nitrogen and oxygen atoms in total. The molecular formula is C14H20O. The largest absolute Gasteiger partial charge is 0.393 e. The van der Waals surface area contributed by atoms with Crippen molar-refractivity contribution >= 4 is 0 Å². The van der Waals surface area contributed by atoms with Gasteiger partial charge in [0.25, 0.3) is 0 Å². The predicted octanol–water partition coefficient (Wildman–Crippen LogP) is 3.29. The Morgan fingerprint density at radius 1 is 1.13 bits per heavy atom. The Balaban J connectivity index is 2.06. The maximum atomic E-state index is 9.47. The van der Waals surface area contributed by atoms with Crippen LogP contribution in [0.5, 0.6) is 0 Å². The lowest BCUT2D eigenvalue weighted by Crippen LogP contribution is -2.03. The first kappa shape index (κ1) is 10.7. The third-order valence-electron chi connectivity index (χ3n) is 3.49. The molecular weight excluding hydrogens is 184 g/mol. The molecule has 0 bridgehead atoms. The van der Waals surface area contributed by atoms with E-state index in [2.05, 4.69) is 38.1 Å². The molecule has 82 valence electrons. The van der Waals surface area contributed by atoms with Gasteiger partial charge < -0.3 is 5.11 Å². The van der Waals surface area contributed by atoms with Crippen LogP contribution in [-0.2, 0) is 0 Å². The number of benzene rings is 1. The summed E-state index contributed by atoms with van der Waals surface area (Å²) in [5.41, 5.74) is 2.79. The highest BCUT2D eigenvalue weighted by atomic mass is 16.3. The van der Waals surface area contributed by atoms with Gasteiger partial charge in [0.1, 0.15) is 0 Å². The Hall–Kier alpha value is -0.820. The zero-order chi connectivity index (χ0) is 11.0. The SMILES string of the molecule is CC(C)c1ccc([C@@H]2C[C@H]2[C@H](C)O)cc1. The van der Waals surface area contributed by atoms with E-state index in [0.29, 0.717) is 17.8 Å². The highest BCUT2D eigenvalue weighted by molar-refractivity contribution is 5.31. The highest BCUT2D eigenvalue weighted by Crippen LogP contribution is 2.49. The first-order valence-electron chi connectivity index (χ1n) is 5.87. The van der Waals surface area contributed by atoms with Gasteiger partial charge in [-0.05, 0) is 42.2 Å². The van der Waals surface area contributed by atoms with Crippen molar-refractivity contribution in [1.29, 1.82) is 0 Å². The molecule has 1 aliphatic carbocycles. The lowest BCUT2D eigenvalue weighted by molar-refractivity contribution is 0.169. The van der Waals surface area contributed by atoms with Crippen LogP contribution in [-0.4, -0.2) is 11.2 Å². The Kier molecular flexibility index (Phi) is 2.83. The molecule has 1 saturated carbocycles. The summed E-state index contributed by atoms with van der Waals surface area (Å²) in [4.78, 5) is 0. The van der Waals surface area contributed by atoms with Crippen molar-refractivity contribution in [2.24, 2.45) is 5.92 Å². The third-order valence-corrected chi connectivity index (χ3v) is 3.49. The molecule has 1 aliphatic rings.